The zero-order chi connectivity index (χ0) is 15.4. The molecule has 2 nitrogen and oxygen atoms in total. The predicted octanol–water partition coefficient (Wildman–Crippen LogP) is 4.68. The lowest BCUT2D eigenvalue weighted by atomic mass is 10.0. The van der Waals surface area contributed by atoms with Crippen LogP contribution in [0.3, 0.4) is 0 Å². The van der Waals surface area contributed by atoms with Crippen LogP contribution in [0.1, 0.15) is 29.7 Å². The lowest BCUT2D eigenvalue weighted by Crippen LogP contribution is -2.31. The Balaban J connectivity index is 2.18. The lowest BCUT2D eigenvalue weighted by molar-refractivity contribution is 0.174. The van der Waals surface area contributed by atoms with Crippen molar-refractivity contribution in [2.75, 3.05) is 7.05 Å². The molecular weight excluding hydrogens is 282 g/mol. The molecular formula is C18H22ClNO. The van der Waals surface area contributed by atoms with Crippen molar-refractivity contribution in [1.82, 2.24) is 5.32 Å². The van der Waals surface area contributed by atoms with Crippen molar-refractivity contribution in [1.29, 1.82) is 0 Å². The van der Waals surface area contributed by atoms with E-state index < -0.39 is 0 Å². The van der Waals surface area contributed by atoms with E-state index >= 15 is 0 Å². The van der Waals surface area contributed by atoms with Crippen LogP contribution in [0.25, 0.3) is 0 Å². The van der Waals surface area contributed by atoms with Gasteiger partial charge in [0.1, 0.15) is 11.9 Å². The summed E-state index contributed by atoms with van der Waals surface area (Å²) in [5.74, 6) is 0.836. The molecule has 0 radical (unpaired) electrons. The molecule has 2 aromatic rings. The Labute approximate surface area is 132 Å². The van der Waals surface area contributed by atoms with E-state index in [4.69, 9.17) is 16.3 Å². The average Bonchev–Trinajstić information content (AvgIpc) is 2.46. The number of hydrogen-bond acceptors (Lipinski definition) is 2. The van der Waals surface area contributed by atoms with Crippen molar-refractivity contribution in [2.24, 2.45) is 0 Å². The second kappa shape index (κ2) is 6.97. The van der Waals surface area contributed by atoms with Crippen LogP contribution in [-0.2, 0) is 0 Å². The number of ether oxygens (including phenoxy) is 1. The Morgan fingerprint density at radius 3 is 2.33 bits per heavy atom. The maximum Gasteiger partial charge on any atom is 0.124 e. The van der Waals surface area contributed by atoms with Crippen molar-refractivity contribution in [3.05, 3.63) is 64.2 Å². The molecule has 2 atom stereocenters. The minimum absolute atomic E-state index is 0.00475. The molecule has 0 aliphatic rings. The normalized spacial score (nSPS) is 13.8. The van der Waals surface area contributed by atoms with E-state index in [1.165, 1.54) is 11.1 Å². The highest BCUT2D eigenvalue weighted by atomic mass is 35.5. The molecule has 0 saturated carbocycles. The minimum Gasteiger partial charge on any atom is -0.488 e. The smallest absolute Gasteiger partial charge is 0.124 e. The number of nitrogens with one attached hydrogen (secondary N) is 1. The molecule has 2 aromatic carbocycles. The number of benzene rings is 2. The zero-order valence-corrected chi connectivity index (χ0v) is 13.7. The van der Waals surface area contributed by atoms with Crippen LogP contribution in [0, 0.1) is 13.8 Å². The highest BCUT2D eigenvalue weighted by molar-refractivity contribution is 6.30. The Morgan fingerprint density at radius 2 is 1.71 bits per heavy atom. The molecule has 1 N–H and O–H groups in total. The van der Waals surface area contributed by atoms with E-state index in [0.29, 0.717) is 5.02 Å². The number of likely N-dealkylation sites (N-methyl/N-ethyl adjacent to an activating group) is 1. The van der Waals surface area contributed by atoms with Gasteiger partial charge in [-0.25, -0.2) is 0 Å². The van der Waals surface area contributed by atoms with Gasteiger partial charge in [-0.15, -0.1) is 0 Å². The summed E-state index contributed by atoms with van der Waals surface area (Å²) in [6.45, 7) is 6.19. The van der Waals surface area contributed by atoms with Crippen LogP contribution in [0.15, 0.2) is 42.5 Å². The third-order valence-electron chi connectivity index (χ3n) is 3.68. The van der Waals surface area contributed by atoms with Crippen molar-refractivity contribution < 1.29 is 4.74 Å². The second-order valence-electron chi connectivity index (χ2n) is 5.41. The van der Waals surface area contributed by atoms with Gasteiger partial charge in [-0.3, -0.25) is 0 Å². The van der Waals surface area contributed by atoms with Gasteiger partial charge in [0.15, 0.2) is 0 Å². The number of rotatable bonds is 5. The van der Waals surface area contributed by atoms with Crippen molar-refractivity contribution >= 4 is 11.6 Å². The molecule has 0 aliphatic heterocycles. The maximum atomic E-state index is 6.12. The molecule has 0 fully saturated rings. The van der Waals surface area contributed by atoms with E-state index in [1.54, 1.807) is 0 Å². The summed E-state index contributed by atoms with van der Waals surface area (Å²) in [5, 5.41) is 4.03. The first-order valence-corrected chi connectivity index (χ1v) is 7.55. The standard InChI is InChI=1S/C18H22ClNO/c1-12-5-8-15(9-6-12)18(20-4)14(3)21-17-11-16(19)10-7-13(17)2/h5-11,14,18,20H,1-4H3. The summed E-state index contributed by atoms with van der Waals surface area (Å²) < 4.78 is 6.12. The zero-order valence-electron chi connectivity index (χ0n) is 13.0. The average molecular weight is 304 g/mol. The molecule has 21 heavy (non-hydrogen) atoms. The number of halogens is 1. The fourth-order valence-corrected chi connectivity index (χ4v) is 2.58. The van der Waals surface area contributed by atoms with Gasteiger partial charge < -0.3 is 10.1 Å². The number of aryl methyl sites for hydroxylation is 2. The Bertz CT molecular complexity index is 595. The molecule has 0 amide bonds. The Morgan fingerprint density at radius 1 is 1.05 bits per heavy atom. The summed E-state index contributed by atoms with van der Waals surface area (Å²) in [6.07, 6.45) is -0.00475. The molecule has 0 aliphatic carbocycles. The first kappa shape index (κ1) is 15.9. The Kier molecular flexibility index (Phi) is 5.27. The van der Waals surface area contributed by atoms with Gasteiger partial charge >= 0.3 is 0 Å². The first-order valence-electron chi connectivity index (χ1n) is 7.18. The molecule has 2 unspecified atom stereocenters. The predicted molar refractivity (Wildman–Crippen MR) is 89.3 cm³/mol. The quantitative estimate of drug-likeness (QED) is 0.865. The summed E-state index contributed by atoms with van der Waals surface area (Å²) in [6, 6.07) is 14.4. The van der Waals surface area contributed by atoms with Crippen molar-refractivity contribution in [3.8, 4) is 5.75 Å². The molecule has 112 valence electrons. The van der Waals surface area contributed by atoms with Gasteiger partial charge in [0.2, 0.25) is 0 Å². The van der Waals surface area contributed by atoms with Crippen LogP contribution in [0.5, 0.6) is 5.75 Å². The summed E-state index contributed by atoms with van der Waals surface area (Å²) in [7, 11) is 1.95. The van der Waals surface area contributed by atoms with Crippen LogP contribution in [-0.4, -0.2) is 13.2 Å². The van der Waals surface area contributed by atoms with Crippen LogP contribution >= 0.6 is 11.6 Å². The molecule has 3 heteroatoms. The molecule has 0 spiro atoms. The molecule has 2 rings (SSSR count). The van der Waals surface area contributed by atoms with Gasteiger partial charge in [0, 0.05) is 5.02 Å². The van der Waals surface area contributed by atoms with Crippen molar-refractivity contribution in [2.45, 2.75) is 32.9 Å². The van der Waals surface area contributed by atoms with Crippen LogP contribution < -0.4 is 10.1 Å². The monoisotopic (exact) mass is 303 g/mol. The third kappa shape index (κ3) is 3.99. The number of hydrogen-bond donors (Lipinski definition) is 1. The van der Waals surface area contributed by atoms with Gasteiger partial charge in [0.25, 0.3) is 0 Å². The minimum atomic E-state index is -0.00475. The topological polar surface area (TPSA) is 21.3 Å². The van der Waals surface area contributed by atoms with E-state index in [-0.39, 0.29) is 12.1 Å². The van der Waals surface area contributed by atoms with E-state index in [2.05, 4.69) is 43.4 Å². The first-order chi connectivity index (χ1) is 10.0. The van der Waals surface area contributed by atoms with Gasteiger partial charge in [-0.05, 0) is 51.1 Å². The van der Waals surface area contributed by atoms with E-state index in [0.717, 1.165) is 11.3 Å². The molecule has 0 aromatic heterocycles. The fraction of sp³-hybridized carbons (Fsp3) is 0.333. The van der Waals surface area contributed by atoms with E-state index in [1.807, 2.05) is 32.2 Å². The Hall–Kier alpha value is -1.51. The van der Waals surface area contributed by atoms with Gasteiger partial charge in [0.05, 0.1) is 6.04 Å². The van der Waals surface area contributed by atoms with Gasteiger partial charge in [-0.2, -0.15) is 0 Å². The summed E-state index contributed by atoms with van der Waals surface area (Å²) in [5.41, 5.74) is 3.56. The van der Waals surface area contributed by atoms with E-state index in [9.17, 15) is 0 Å². The maximum absolute atomic E-state index is 6.12. The summed E-state index contributed by atoms with van der Waals surface area (Å²) >= 11 is 6.05. The second-order valence-corrected chi connectivity index (χ2v) is 5.85. The molecule has 0 heterocycles. The fourth-order valence-electron chi connectivity index (χ4n) is 2.42. The van der Waals surface area contributed by atoms with Gasteiger partial charge in [-0.1, -0.05) is 47.5 Å². The van der Waals surface area contributed by atoms with Crippen LogP contribution in [0.2, 0.25) is 5.02 Å². The molecule has 0 saturated heterocycles. The van der Waals surface area contributed by atoms with Crippen molar-refractivity contribution in [3.63, 3.8) is 0 Å². The SMILES string of the molecule is CNC(c1ccc(C)cc1)C(C)Oc1cc(Cl)ccc1C. The van der Waals surface area contributed by atoms with Crippen LogP contribution in [0.4, 0.5) is 0 Å². The lowest BCUT2D eigenvalue weighted by Gasteiger charge is -2.26. The molecule has 0 bridgehead atoms. The summed E-state index contributed by atoms with van der Waals surface area (Å²) in [4.78, 5) is 0. The largest absolute Gasteiger partial charge is 0.488 e. The third-order valence-corrected chi connectivity index (χ3v) is 3.92. The highest BCUT2D eigenvalue weighted by Gasteiger charge is 2.19. The highest BCUT2D eigenvalue weighted by Crippen LogP contribution is 2.27.